The van der Waals surface area contributed by atoms with Crippen LogP contribution in [0.4, 0.5) is 4.79 Å². The number of nitriles is 3. The Balaban J connectivity index is 2.21. The number of nitrogens with zero attached hydrogens (tertiary/aromatic N) is 4. The van der Waals surface area contributed by atoms with Crippen molar-refractivity contribution >= 4 is 17.9 Å². The standard InChI is InChI=1S/C22H21N5O2S/c1-3-29-21(28)27-9-8-16-17(10-23)20(26)22(12-24,13-25)19(18(16)11-27)14-4-6-15(30-2)7-5-14/h4-8,18-19H,3,9,11,26H2,1-2H3. The summed E-state index contributed by atoms with van der Waals surface area (Å²) < 4.78 is 5.13. The zero-order valence-corrected chi connectivity index (χ0v) is 17.6. The number of hydrogen-bond acceptors (Lipinski definition) is 7. The van der Waals surface area contributed by atoms with Gasteiger partial charge in [-0.25, -0.2) is 4.79 Å². The molecule has 152 valence electrons. The van der Waals surface area contributed by atoms with E-state index < -0.39 is 23.3 Å². The molecule has 8 heteroatoms. The third-order valence-electron chi connectivity index (χ3n) is 5.67. The lowest BCUT2D eigenvalue weighted by molar-refractivity contribution is 0.0999. The van der Waals surface area contributed by atoms with Crippen LogP contribution in [0.5, 0.6) is 0 Å². The quantitative estimate of drug-likeness (QED) is 0.745. The molecule has 0 spiro atoms. The molecule has 2 atom stereocenters. The first kappa shape index (κ1) is 21.3. The van der Waals surface area contributed by atoms with Gasteiger partial charge in [-0.2, -0.15) is 15.8 Å². The van der Waals surface area contributed by atoms with Gasteiger partial charge in [0.1, 0.15) is 6.07 Å². The van der Waals surface area contributed by atoms with Crippen LogP contribution in [0, 0.1) is 45.3 Å². The first-order valence-corrected chi connectivity index (χ1v) is 10.7. The van der Waals surface area contributed by atoms with Crippen LogP contribution < -0.4 is 5.73 Å². The fourth-order valence-electron chi connectivity index (χ4n) is 4.23. The van der Waals surface area contributed by atoms with E-state index in [-0.39, 0.29) is 31.0 Å². The van der Waals surface area contributed by atoms with Gasteiger partial charge < -0.3 is 15.4 Å². The van der Waals surface area contributed by atoms with Crippen LogP contribution in [-0.4, -0.2) is 36.9 Å². The van der Waals surface area contributed by atoms with E-state index in [0.717, 1.165) is 10.5 Å². The van der Waals surface area contributed by atoms with Crippen molar-refractivity contribution in [1.29, 1.82) is 15.8 Å². The van der Waals surface area contributed by atoms with E-state index >= 15 is 0 Å². The van der Waals surface area contributed by atoms with Crippen molar-refractivity contribution in [2.75, 3.05) is 26.0 Å². The van der Waals surface area contributed by atoms with Crippen LogP contribution in [0.25, 0.3) is 0 Å². The molecule has 3 rings (SSSR count). The number of rotatable bonds is 3. The normalized spacial score (nSPS) is 22.1. The maximum absolute atomic E-state index is 12.4. The largest absolute Gasteiger partial charge is 0.450 e. The molecule has 1 aliphatic carbocycles. The summed E-state index contributed by atoms with van der Waals surface area (Å²) in [5, 5.41) is 29.9. The highest BCUT2D eigenvalue weighted by atomic mass is 32.2. The number of benzene rings is 1. The Morgan fingerprint density at radius 2 is 1.97 bits per heavy atom. The summed E-state index contributed by atoms with van der Waals surface area (Å²) >= 11 is 1.58. The highest BCUT2D eigenvalue weighted by Crippen LogP contribution is 2.54. The van der Waals surface area contributed by atoms with Crippen molar-refractivity contribution in [3.05, 3.63) is 52.7 Å². The van der Waals surface area contributed by atoms with Gasteiger partial charge in [-0.05, 0) is 36.4 Å². The first-order chi connectivity index (χ1) is 14.5. The van der Waals surface area contributed by atoms with E-state index in [1.807, 2.05) is 30.5 Å². The lowest BCUT2D eigenvalue weighted by atomic mass is 9.58. The summed E-state index contributed by atoms with van der Waals surface area (Å²) in [6, 6.07) is 13.9. The second kappa shape index (κ2) is 8.53. The average molecular weight is 420 g/mol. The highest BCUT2D eigenvalue weighted by Gasteiger charge is 2.54. The van der Waals surface area contributed by atoms with E-state index in [4.69, 9.17) is 10.5 Å². The van der Waals surface area contributed by atoms with Crippen molar-refractivity contribution in [1.82, 2.24) is 4.90 Å². The minimum atomic E-state index is -1.72. The van der Waals surface area contributed by atoms with Gasteiger partial charge in [0.15, 0.2) is 5.41 Å². The molecule has 7 nitrogen and oxygen atoms in total. The lowest BCUT2D eigenvalue weighted by Crippen LogP contribution is -2.49. The lowest BCUT2D eigenvalue weighted by Gasteiger charge is -2.45. The number of thioether (sulfide) groups is 1. The van der Waals surface area contributed by atoms with Gasteiger partial charge in [0.25, 0.3) is 0 Å². The Hall–Kier alpha value is -3.41. The van der Waals surface area contributed by atoms with Crippen LogP contribution in [0.3, 0.4) is 0 Å². The van der Waals surface area contributed by atoms with Crippen LogP contribution in [0.1, 0.15) is 18.4 Å². The van der Waals surface area contributed by atoms with Crippen LogP contribution in [0.2, 0.25) is 0 Å². The Bertz CT molecular complexity index is 1030. The molecule has 2 N–H and O–H groups in total. The molecule has 1 aromatic carbocycles. The fraction of sp³-hybridized carbons (Fsp3) is 0.364. The molecule has 1 heterocycles. The van der Waals surface area contributed by atoms with Crippen LogP contribution >= 0.6 is 11.8 Å². The molecule has 0 saturated heterocycles. The molecule has 30 heavy (non-hydrogen) atoms. The average Bonchev–Trinajstić information content (AvgIpc) is 2.78. The van der Waals surface area contributed by atoms with Gasteiger partial charge in [0, 0.05) is 29.8 Å². The number of fused-ring (bicyclic) bond motifs is 1. The molecule has 2 aliphatic rings. The molecule has 0 radical (unpaired) electrons. The number of nitrogens with two attached hydrogens (primary N) is 1. The van der Waals surface area contributed by atoms with Gasteiger partial charge >= 0.3 is 6.09 Å². The molecule has 1 aliphatic heterocycles. The molecular weight excluding hydrogens is 398 g/mol. The fourth-order valence-corrected chi connectivity index (χ4v) is 4.64. The molecule has 0 aromatic heterocycles. The van der Waals surface area contributed by atoms with Crippen molar-refractivity contribution in [3.8, 4) is 18.2 Å². The molecule has 0 saturated carbocycles. The zero-order chi connectivity index (χ0) is 21.9. The molecule has 1 amide bonds. The summed E-state index contributed by atoms with van der Waals surface area (Å²) in [6.45, 7) is 2.47. The number of hydrogen-bond donors (Lipinski definition) is 1. The first-order valence-electron chi connectivity index (χ1n) is 9.46. The maximum atomic E-state index is 12.4. The molecular formula is C22H21N5O2S. The Morgan fingerprint density at radius 1 is 1.30 bits per heavy atom. The molecule has 0 bridgehead atoms. The summed E-state index contributed by atoms with van der Waals surface area (Å²) in [5.74, 6) is -1.08. The predicted octanol–water partition coefficient (Wildman–Crippen LogP) is 3.29. The molecule has 2 unspecified atom stereocenters. The predicted molar refractivity (Wildman–Crippen MR) is 112 cm³/mol. The number of carbonyl (C=O) groups excluding carboxylic acids is 1. The van der Waals surface area contributed by atoms with E-state index in [1.54, 1.807) is 24.8 Å². The minimum Gasteiger partial charge on any atom is -0.450 e. The Kier molecular flexibility index (Phi) is 6.06. The van der Waals surface area contributed by atoms with Gasteiger partial charge in [-0.1, -0.05) is 18.2 Å². The van der Waals surface area contributed by atoms with Crippen molar-refractivity contribution in [2.24, 2.45) is 17.1 Å². The summed E-state index contributed by atoms with van der Waals surface area (Å²) in [4.78, 5) is 14.9. The van der Waals surface area contributed by atoms with Gasteiger partial charge in [0.05, 0.1) is 30.0 Å². The number of allylic oxidation sites excluding steroid dienone is 2. The smallest absolute Gasteiger partial charge is 0.410 e. The minimum absolute atomic E-state index is 0.0268. The maximum Gasteiger partial charge on any atom is 0.410 e. The monoisotopic (exact) mass is 419 g/mol. The SMILES string of the molecule is CCOC(=O)N1CC=C2C(C#N)=C(N)C(C#N)(C#N)C(c3ccc(SC)cc3)C2C1. The number of carbonyl (C=O) groups is 1. The van der Waals surface area contributed by atoms with Gasteiger partial charge in [-0.15, -0.1) is 11.8 Å². The van der Waals surface area contributed by atoms with Crippen molar-refractivity contribution < 1.29 is 9.53 Å². The summed E-state index contributed by atoms with van der Waals surface area (Å²) in [5.41, 5.74) is 6.14. The van der Waals surface area contributed by atoms with Crippen LogP contribution in [-0.2, 0) is 4.74 Å². The van der Waals surface area contributed by atoms with Crippen LogP contribution in [0.15, 0.2) is 52.1 Å². The second-order valence-corrected chi connectivity index (χ2v) is 7.93. The van der Waals surface area contributed by atoms with E-state index in [9.17, 15) is 20.6 Å². The molecule has 1 aromatic rings. The number of amides is 1. The van der Waals surface area contributed by atoms with Gasteiger partial charge in [0.2, 0.25) is 0 Å². The second-order valence-electron chi connectivity index (χ2n) is 7.05. The topological polar surface area (TPSA) is 127 Å². The van der Waals surface area contributed by atoms with Crippen molar-refractivity contribution in [3.63, 3.8) is 0 Å². The zero-order valence-electron chi connectivity index (χ0n) is 16.8. The third-order valence-corrected chi connectivity index (χ3v) is 6.41. The van der Waals surface area contributed by atoms with E-state index in [0.29, 0.717) is 5.57 Å². The summed E-state index contributed by atoms with van der Waals surface area (Å²) in [6.07, 6.45) is 3.27. The van der Waals surface area contributed by atoms with E-state index in [2.05, 4.69) is 18.2 Å². The summed E-state index contributed by atoms with van der Waals surface area (Å²) in [7, 11) is 0. The third kappa shape index (κ3) is 3.28. The number of ether oxygens (including phenoxy) is 1. The highest BCUT2D eigenvalue weighted by molar-refractivity contribution is 7.98. The van der Waals surface area contributed by atoms with Gasteiger partial charge in [-0.3, -0.25) is 0 Å². The van der Waals surface area contributed by atoms with E-state index in [1.165, 1.54) is 4.90 Å². The Labute approximate surface area is 180 Å². The Morgan fingerprint density at radius 3 is 2.50 bits per heavy atom. The molecule has 0 fully saturated rings. The van der Waals surface area contributed by atoms with Crippen molar-refractivity contribution in [2.45, 2.75) is 17.7 Å².